The topological polar surface area (TPSA) is 84.2 Å². The molecule has 0 saturated heterocycles. The highest BCUT2D eigenvalue weighted by atomic mass is 32.1. The van der Waals surface area contributed by atoms with Crippen LogP contribution in [0.3, 0.4) is 0 Å². The number of carbonyl (C=O) groups excluding carboxylic acids is 2. The van der Waals surface area contributed by atoms with Crippen LogP contribution in [0.15, 0.2) is 34.7 Å². The molecule has 0 saturated carbocycles. The summed E-state index contributed by atoms with van der Waals surface area (Å²) >= 11 is 1.21. The van der Waals surface area contributed by atoms with Gasteiger partial charge in [-0.15, -0.1) is 11.3 Å². The van der Waals surface area contributed by atoms with Crippen LogP contribution >= 0.6 is 11.3 Å². The maximum absolute atomic E-state index is 13.7. The molecule has 0 bridgehead atoms. The van der Waals surface area contributed by atoms with Gasteiger partial charge in [0.15, 0.2) is 10.8 Å². The minimum Gasteiger partial charge on any atom is -0.459 e. The van der Waals surface area contributed by atoms with Gasteiger partial charge < -0.3 is 15.1 Å². The fraction of sp³-hybridized carbons (Fsp3) is 0.167. The molecule has 2 N–H and O–H groups in total. The first-order valence-electron chi connectivity index (χ1n) is 7.76. The van der Waals surface area contributed by atoms with Crippen LogP contribution in [0.25, 0.3) is 10.8 Å². The molecular weight excluding hydrogens is 357 g/mol. The van der Waals surface area contributed by atoms with Crippen molar-refractivity contribution in [2.75, 3.05) is 10.6 Å². The van der Waals surface area contributed by atoms with Gasteiger partial charge in [0.25, 0.3) is 5.91 Å². The second-order valence-corrected chi connectivity index (χ2v) is 6.67. The lowest BCUT2D eigenvalue weighted by Gasteiger charge is -2.08. The third kappa shape index (κ3) is 3.80. The molecule has 2 heterocycles. The van der Waals surface area contributed by atoms with E-state index >= 15 is 0 Å². The molecule has 0 aliphatic rings. The summed E-state index contributed by atoms with van der Waals surface area (Å²) in [6.45, 7) is 4.85. The second kappa shape index (κ2) is 7.09. The van der Waals surface area contributed by atoms with E-state index in [1.54, 1.807) is 13.0 Å². The molecule has 2 amide bonds. The number of aryl methyl sites for hydroxylation is 2. The lowest BCUT2D eigenvalue weighted by molar-refractivity contribution is -0.114. The van der Waals surface area contributed by atoms with Crippen molar-refractivity contribution in [3.05, 3.63) is 52.5 Å². The van der Waals surface area contributed by atoms with Crippen LogP contribution in [0.5, 0.6) is 0 Å². The van der Waals surface area contributed by atoms with Crippen LogP contribution in [0.4, 0.5) is 15.8 Å². The first-order chi connectivity index (χ1) is 12.3. The van der Waals surface area contributed by atoms with Crippen LogP contribution in [0.1, 0.15) is 28.0 Å². The van der Waals surface area contributed by atoms with Gasteiger partial charge in [-0.05, 0) is 44.2 Å². The van der Waals surface area contributed by atoms with E-state index in [-0.39, 0.29) is 11.6 Å². The number of aromatic nitrogens is 1. The minimum absolute atomic E-state index is 0.00285. The second-order valence-electron chi connectivity index (χ2n) is 5.67. The van der Waals surface area contributed by atoms with Crippen molar-refractivity contribution >= 4 is 34.5 Å². The predicted molar refractivity (Wildman–Crippen MR) is 97.9 cm³/mol. The van der Waals surface area contributed by atoms with Gasteiger partial charge >= 0.3 is 0 Å². The number of rotatable bonds is 4. The van der Waals surface area contributed by atoms with E-state index in [9.17, 15) is 14.0 Å². The third-order valence-corrected chi connectivity index (χ3v) is 4.66. The highest BCUT2D eigenvalue weighted by molar-refractivity contribution is 7.17. The van der Waals surface area contributed by atoms with Gasteiger partial charge in [0, 0.05) is 12.6 Å². The molecule has 0 aliphatic carbocycles. The van der Waals surface area contributed by atoms with Gasteiger partial charge in [-0.2, -0.15) is 0 Å². The fourth-order valence-electron chi connectivity index (χ4n) is 2.34. The van der Waals surface area contributed by atoms with Crippen molar-refractivity contribution in [2.45, 2.75) is 20.8 Å². The maximum atomic E-state index is 13.7. The number of carbonyl (C=O) groups is 2. The molecule has 0 aliphatic heterocycles. The molecule has 3 aromatic rings. The highest BCUT2D eigenvalue weighted by Gasteiger charge is 2.18. The normalized spacial score (nSPS) is 10.6. The van der Waals surface area contributed by atoms with Crippen LogP contribution in [0, 0.1) is 19.7 Å². The summed E-state index contributed by atoms with van der Waals surface area (Å²) < 4.78 is 19.2. The van der Waals surface area contributed by atoms with Crippen LogP contribution < -0.4 is 10.6 Å². The summed E-state index contributed by atoms with van der Waals surface area (Å²) in [7, 11) is 0. The van der Waals surface area contributed by atoms with E-state index in [1.165, 1.54) is 36.5 Å². The fourth-order valence-corrected chi connectivity index (χ4v) is 3.26. The zero-order valence-corrected chi connectivity index (χ0v) is 15.2. The molecule has 26 heavy (non-hydrogen) atoms. The van der Waals surface area contributed by atoms with Gasteiger partial charge in [-0.3, -0.25) is 9.59 Å². The third-order valence-electron chi connectivity index (χ3n) is 3.49. The van der Waals surface area contributed by atoms with Crippen LogP contribution in [-0.4, -0.2) is 16.8 Å². The Morgan fingerprint density at radius 3 is 2.58 bits per heavy atom. The van der Waals surface area contributed by atoms with E-state index in [1.807, 2.05) is 13.0 Å². The molecule has 134 valence electrons. The van der Waals surface area contributed by atoms with Crippen molar-refractivity contribution in [1.82, 2.24) is 4.98 Å². The maximum Gasteiger partial charge on any atom is 0.267 e. The van der Waals surface area contributed by atoms with Gasteiger partial charge in [-0.25, -0.2) is 9.37 Å². The van der Waals surface area contributed by atoms with Crippen molar-refractivity contribution in [3.63, 3.8) is 0 Å². The van der Waals surface area contributed by atoms with E-state index in [0.717, 1.165) is 5.76 Å². The number of halogens is 1. The molecule has 0 fully saturated rings. The minimum atomic E-state index is -0.581. The molecular formula is C18H16FN3O3S. The van der Waals surface area contributed by atoms with E-state index in [2.05, 4.69) is 15.6 Å². The number of furan rings is 1. The van der Waals surface area contributed by atoms with Gasteiger partial charge in [0.2, 0.25) is 5.91 Å². The van der Waals surface area contributed by atoms with Crippen molar-refractivity contribution in [2.24, 2.45) is 0 Å². The Bertz CT molecular complexity index is 993. The smallest absolute Gasteiger partial charge is 0.267 e. The summed E-state index contributed by atoms with van der Waals surface area (Å²) in [5, 5.41) is 5.68. The Labute approximate surface area is 153 Å². The lowest BCUT2D eigenvalue weighted by atomic mass is 10.2. The monoisotopic (exact) mass is 373 g/mol. The number of anilines is 2. The van der Waals surface area contributed by atoms with Crippen molar-refractivity contribution in [3.8, 4) is 10.8 Å². The Morgan fingerprint density at radius 2 is 1.92 bits per heavy atom. The Morgan fingerprint density at radius 1 is 1.15 bits per heavy atom. The van der Waals surface area contributed by atoms with Crippen LogP contribution in [-0.2, 0) is 4.79 Å². The zero-order valence-electron chi connectivity index (χ0n) is 14.3. The van der Waals surface area contributed by atoms with Gasteiger partial charge in [0.1, 0.15) is 16.5 Å². The van der Waals surface area contributed by atoms with Crippen molar-refractivity contribution < 1.29 is 18.4 Å². The Hall–Kier alpha value is -3.00. The first-order valence-corrected chi connectivity index (χ1v) is 8.58. The summed E-state index contributed by atoms with van der Waals surface area (Å²) in [5.74, 6) is 0.0154. The summed E-state index contributed by atoms with van der Waals surface area (Å²) in [6, 6.07) is 7.59. The quantitative estimate of drug-likeness (QED) is 0.711. The Kier molecular flexibility index (Phi) is 4.85. The number of hydrogen-bond donors (Lipinski definition) is 2. The average Bonchev–Trinajstić information content (AvgIpc) is 3.16. The number of benzene rings is 1. The average molecular weight is 373 g/mol. The summed E-state index contributed by atoms with van der Waals surface area (Å²) in [5.41, 5.74) is 0.937. The van der Waals surface area contributed by atoms with E-state index in [4.69, 9.17) is 4.42 Å². The summed E-state index contributed by atoms with van der Waals surface area (Å²) in [6.07, 6.45) is 0. The molecule has 3 rings (SSSR count). The van der Waals surface area contributed by atoms with Crippen LogP contribution in [0.2, 0.25) is 0 Å². The molecule has 6 nitrogen and oxygen atoms in total. The Balaban J connectivity index is 1.82. The van der Waals surface area contributed by atoms with E-state index in [0.29, 0.717) is 27.0 Å². The molecule has 8 heteroatoms. The number of hydrogen-bond acceptors (Lipinski definition) is 5. The number of amides is 2. The molecule has 1 aromatic carbocycles. The standard InChI is InChI=1S/C18H16FN3O3S/c1-9-4-7-15(25-9)18-20-10(2)16(26-18)17(24)22-12-5-6-13(19)14(8-12)21-11(3)23/h4-8H,1-3H3,(H,21,23)(H,22,24). The van der Waals surface area contributed by atoms with E-state index < -0.39 is 11.7 Å². The van der Waals surface area contributed by atoms with Crippen molar-refractivity contribution in [1.29, 1.82) is 0 Å². The molecule has 0 radical (unpaired) electrons. The first kappa shape index (κ1) is 17.8. The predicted octanol–water partition coefficient (Wildman–Crippen LogP) is 4.37. The number of thiazole rings is 1. The zero-order chi connectivity index (χ0) is 18.8. The highest BCUT2D eigenvalue weighted by Crippen LogP contribution is 2.30. The van der Waals surface area contributed by atoms with Gasteiger partial charge in [0.05, 0.1) is 11.4 Å². The molecule has 0 atom stereocenters. The number of nitrogens with zero attached hydrogens (tertiary/aromatic N) is 1. The SMILES string of the molecule is CC(=O)Nc1cc(NC(=O)c2sc(-c3ccc(C)o3)nc2C)ccc1F. The molecule has 2 aromatic heterocycles. The molecule has 0 unspecified atom stereocenters. The lowest BCUT2D eigenvalue weighted by Crippen LogP contribution is -2.13. The summed E-state index contributed by atoms with van der Waals surface area (Å²) in [4.78, 5) is 28.5. The van der Waals surface area contributed by atoms with Gasteiger partial charge in [-0.1, -0.05) is 0 Å². The molecule has 0 spiro atoms. The largest absolute Gasteiger partial charge is 0.459 e. The number of nitrogens with one attached hydrogen (secondary N) is 2.